The predicted molar refractivity (Wildman–Crippen MR) is 156 cm³/mol. The minimum atomic E-state index is -4.11. The number of amides is 2. The Morgan fingerprint density at radius 3 is 2.18 bits per heavy atom. The number of nitrogens with zero attached hydrogens (tertiary/aromatic N) is 2. The number of carbonyl (C=O) groups is 2. The molecule has 1 atom stereocenters. The second-order valence-electron chi connectivity index (χ2n) is 10.0. The van der Waals surface area contributed by atoms with E-state index in [9.17, 15) is 18.0 Å². The van der Waals surface area contributed by atoms with Gasteiger partial charge in [0.15, 0.2) is 0 Å². The minimum absolute atomic E-state index is 0.0425. The van der Waals surface area contributed by atoms with Crippen LogP contribution in [0.25, 0.3) is 0 Å². The molecule has 3 rings (SSSR count). The molecule has 0 radical (unpaired) electrons. The van der Waals surface area contributed by atoms with Crippen LogP contribution in [0.4, 0.5) is 5.69 Å². The van der Waals surface area contributed by atoms with Crippen molar-refractivity contribution >= 4 is 39.1 Å². The van der Waals surface area contributed by atoms with Crippen LogP contribution in [0.1, 0.15) is 37.5 Å². The maximum absolute atomic E-state index is 14.0. The lowest BCUT2D eigenvalue weighted by Gasteiger charge is -2.32. The Kier molecular flexibility index (Phi) is 10.2. The third-order valence-corrected chi connectivity index (χ3v) is 8.52. The fraction of sp³-hybridized carbons (Fsp3) is 0.333. The standard InChI is InChI=1S/C30H36ClN3O4S/c1-21(2)18-32-30(36)24(5)33(19-25-11-9-10-14-27(25)31)29(35)20-34(28-16-15-22(3)17-23(28)4)39(37,38)26-12-7-6-8-13-26/h6-17,21,24H,18-20H2,1-5H3,(H,32,36)/t24-/m0/s1. The second kappa shape index (κ2) is 13.1. The number of carbonyl (C=O) groups excluding carboxylic acids is 2. The SMILES string of the molecule is Cc1ccc(N(CC(=O)N(Cc2ccccc2Cl)[C@@H](C)C(=O)NCC(C)C)S(=O)(=O)c2ccccc2)c(C)c1. The van der Waals surface area contributed by atoms with E-state index in [1.807, 2.05) is 39.8 Å². The summed E-state index contributed by atoms with van der Waals surface area (Å²) in [5.41, 5.74) is 2.73. The van der Waals surface area contributed by atoms with Gasteiger partial charge in [0.25, 0.3) is 10.0 Å². The molecule has 9 heteroatoms. The van der Waals surface area contributed by atoms with E-state index in [1.165, 1.54) is 17.0 Å². The quantitative estimate of drug-likeness (QED) is 0.338. The highest BCUT2D eigenvalue weighted by atomic mass is 35.5. The zero-order valence-corrected chi connectivity index (χ0v) is 24.6. The van der Waals surface area contributed by atoms with Gasteiger partial charge in [-0.15, -0.1) is 0 Å². The van der Waals surface area contributed by atoms with E-state index in [0.717, 1.165) is 9.87 Å². The predicted octanol–water partition coefficient (Wildman–Crippen LogP) is 5.34. The van der Waals surface area contributed by atoms with Crippen LogP contribution in [0.3, 0.4) is 0 Å². The van der Waals surface area contributed by atoms with Gasteiger partial charge >= 0.3 is 0 Å². The van der Waals surface area contributed by atoms with Crippen molar-refractivity contribution in [2.75, 3.05) is 17.4 Å². The number of sulfonamides is 1. The lowest BCUT2D eigenvalue weighted by Crippen LogP contribution is -2.51. The molecule has 0 aromatic heterocycles. The summed E-state index contributed by atoms with van der Waals surface area (Å²) in [7, 11) is -4.11. The summed E-state index contributed by atoms with van der Waals surface area (Å²) in [5, 5.41) is 3.33. The van der Waals surface area contributed by atoms with E-state index in [1.54, 1.807) is 55.5 Å². The number of nitrogens with one attached hydrogen (secondary N) is 1. The average Bonchev–Trinajstić information content (AvgIpc) is 2.90. The maximum Gasteiger partial charge on any atom is 0.264 e. The van der Waals surface area contributed by atoms with Crippen LogP contribution in [0.5, 0.6) is 0 Å². The molecule has 0 spiro atoms. The monoisotopic (exact) mass is 569 g/mol. The number of halogens is 1. The van der Waals surface area contributed by atoms with Crippen LogP contribution in [-0.4, -0.2) is 44.3 Å². The van der Waals surface area contributed by atoms with Gasteiger partial charge in [-0.2, -0.15) is 0 Å². The summed E-state index contributed by atoms with van der Waals surface area (Å²) in [6.45, 7) is 9.33. The van der Waals surface area contributed by atoms with Crippen molar-refractivity contribution in [3.05, 3.63) is 94.5 Å². The molecular weight excluding hydrogens is 534 g/mol. The smallest absolute Gasteiger partial charge is 0.264 e. The molecule has 3 aromatic rings. The van der Waals surface area contributed by atoms with Gasteiger partial charge in [0.2, 0.25) is 11.8 Å². The Morgan fingerprint density at radius 2 is 1.56 bits per heavy atom. The van der Waals surface area contributed by atoms with Gasteiger partial charge in [-0.3, -0.25) is 13.9 Å². The highest BCUT2D eigenvalue weighted by Gasteiger charge is 2.33. The van der Waals surface area contributed by atoms with Crippen molar-refractivity contribution in [2.45, 2.75) is 52.1 Å². The molecule has 0 bridgehead atoms. The third-order valence-electron chi connectivity index (χ3n) is 6.38. The number of anilines is 1. The Hall–Kier alpha value is -3.36. The Balaban J connectivity index is 2.04. The minimum Gasteiger partial charge on any atom is -0.354 e. The van der Waals surface area contributed by atoms with E-state index in [0.29, 0.717) is 28.4 Å². The molecule has 0 saturated carbocycles. The summed E-state index contributed by atoms with van der Waals surface area (Å²) in [6.07, 6.45) is 0. The first-order valence-corrected chi connectivity index (χ1v) is 14.7. The largest absolute Gasteiger partial charge is 0.354 e. The van der Waals surface area contributed by atoms with Crippen LogP contribution in [0, 0.1) is 19.8 Å². The van der Waals surface area contributed by atoms with Crippen molar-refractivity contribution in [1.82, 2.24) is 10.2 Å². The molecule has 0 heterocycles. The van der Waals surface area contributed by atoms with Gasteiger partial charge in [0.05, 0.1) is 10.6 Å². The molecule has 1 N–H and O–H groups in total. The molecule has 7 nitrogen and oxygen atoms in total. The van der Waals surface area contributed by atoms with Crippen LogP contribution >= 0.6 is 11.6 Å². The average molecular weight is 570 g/mol. The molecule has 0 fully saturated rings. The zero-order chi connectivity index (χ0) is 28.7. The molecular formula is C30H36ClN3O4S. The molecule has 0 unspecified atom stereocenters. The zero-order valence-electron chi connectivity index (χ0n) is 23.0. The molecule has 208 valence electrons. The van der Waals surface area contributed by atoms with E-state index < -0.39 is 28.5 Å². The van der Waals surface area contributed by atoms with Gasteiger partial charge in [0.1, 0.15) is 12.6 Å². The van der Waals surface area contributed by atoms with Crippen LogP contribution in [0.15, 0.2) is 77.7 Å². The summed E-state index contributed by atoms with van der Waals surface area (Å²) in [5.74, 6) is -0.625. The van der Waals surface area contributed by atoms with Crippen LogP contribution in [0.2, 0.25) is 5.02 Å². The number of aryl methyl sites for hydroxylation is 2. The van der Waals surface area contributed by atoms with Crippen molar-refractivity contribution in [1.29, 1.82) is 0 Å². The highest BCUT2D eigenvalue weighted by molar-refractivity contribution is 7.92. The lowest BCUT2D eigenvalue weighted by atomic mass is 10.1. The van der Waals surface area contributed by atoms with Gasteiger partial charge in [0, 0.05) is 18.1 Å². The molecule has 39 heavy (non-hydrogen) atoms. The fourth-order valence-electron chi connectivity index (χ4n) is 4.16. The number of hydrogen-bond acceptors (Lipinski definition) is 4. The molecule has 3 aromatic carbocycles. The second-order valence-corrected chi connectivity index (χ2v) is 12.3. The highest BCUT2D eigenvalue weighted by Crippen LogP contribution is 2.28. The molecule has 0 aliphatic rings. The number of benzene rings is 3. The van der Waals surface area contributed by atoms with Crippen molar-refractivity contribution in [2.24, 2.45) is 5.92 Å². The van der Waals surface area contributed by atoms with E-state index in [4.69, 9.17) is 11.6 Å². The number of hydrogen-bond donors (Lipinski definition) is 1. The summed E-state index contributed by atoms with van der Waals surface area (Å²) in [6, 6.07) is 19.6. The van der Waals surface area contributed by atoms with Gasteiger partial charge in [-0.1, -0.05) is 79.5 Å². The molecule has 0 aliphatic heterocycles. The summed E-state index contributed by atoms with van der Waals surface area (Å²) >= 11 is 6.41. The molecule has 0 saturated heterocycles. The first-order valence-electron chi connectivity index (χ1n) is 12.9. The van der Waals surface area contributed by atoms with Gasteiger partial charge < -0.3 is 10.2 Å². The third kappa shape index (κ3) is 7.61. The topological polar surface area (TPSA) is 86.8 Å². The van der Waals surface area contributed by atoms with Crippen LogP contribution < -0.4 is 9.62 Å². The Morgan fingerprint density at radius 1 is 0.923 bits per heavy atom. The maximum atomic E-state index is 14.0. The summed E-state index contributed by atoms with van der Waals surface area (Å²) < 4.78 is 28.9. The Bertz CT molecular complexity index is 1410. The Labute approximate surface area is 236 Å². The van der Waals surface area contributed by atoms with E-state index in [2.05, 4.69) is 5.32 Å². The molecule has 0 aliphatic carbocycles. The van der Waals surface area contributed by atoms with Crippen molar-refractivity contribution < 1.29 is 18.0 Å². The van der Waals surface area contributed by atoms with Crippen molar-refractivity contribution in [3.8, 4) is 0 Å². The van der Waals surface area contributed by atoms with Gasteiger partial charge in [-0.05, 0) is 62.1 Å². The van der Waals surface area contributed by atoms with Crippen LogP contribution in [-0.2, 0) is 26.2 Å². The normalized spacial score (nSPS) is 12.2. The van der Waals surface area contributed by atoms with Gasteiger partial charge in [-0.25, -0.2) is 8.42 Å². The summed E-state index contributed by atoms with van der Waals surface area (Å²) in [4.78, 5) is 28.5. The van der Waals surface area contributed by atoms with E-state index in [-0.39, 0.29) is 23.3 Å². The fourth-order valence-corrected chi connectivity index (χ4v) is 5.86. The van der Waals surface area contributed by atoms with Crippen molar-refractivity contribution in [3.63, 3.8) is 0 Å². The first-order chi connectivity index (χ1) is 18.4. The lowest BCUT2D eigenvalue weighted by molar-refractivity contribution is -0.139. The first kappa shape index (κ1) is 30.2. The number of rotatable bonds is 11. The molecule has 2 amide bonds. The van der Waals surface area contributed by atoms with E-state index >= 15 is 0 Å².